The molecule has 3 N–H and O–H groups in total. The predicted molar refractivity (Wildman–Crippen MR) is 42.0 cm³/mol. The number of aliphatic carboxylic acids is 1. The molecule has 0 aromatic carbocycles. The van der Waals surface area contributed by atoms with Gasteiger partial charge in [-0.1, -0.05) is 20.3 Å². The lowest BCUT2D eigenvalue weighted by molar-refractivity contribution is -0.140. The molecule has 0 aliphatic rings. The Morgan fingerprint density at radius 3 is 2.17 bits per heavy atom. The summed E-state index contributed by atoms with van der Waals surface area (Å²) in [5.41, 5.74) is 0. The van der Waals surface area contributed by atoms with Gasteiger partial charge in [0.25, 0.3) is 0 Å². The molecule has 5 heteroatoms. The highest BCUT2D eigenvalue weighted by Crippen LogP contribution is 2.07. The van der Waals surface area contributed by atoms with Crippen LogP contribution in [0, 0.1) is 5.92 Å². The second-order valence-corrected chi connectivity index (χ2v) is 2.65. The van der Waals surface area contributed by atoms with Crippen molar-refractivity contribution < 1.29 is 19.8 Å². The van der Waals surface area contributed by atoms with Gasteiger partial charge in [0, 0.05) is 0 Å². The van der Waals surface area contributed by atoms with Crippen LogP contribution in [0.5, 0.6) is 0 Å². The van der Waals surface area contributed by atoms with E-state index < -0.39 is 18.1 Å². The molecule has 12 heavy (non-hydrogen) atoms. The lowest BCUT2D eigenvalue weighted by Gasteiger charge is -2.17. The third-order valence-corrected chi connectivity index (χ3v) is 1.76. The van der Waals surface area contributed by atoms with Gasteiger partial charge in [-0.3, -0.25) is 0 Å². The number of amides is 1. The second kappa shape index (κ2) is 4.58. The largest absolute Gasteiger partial charge is 0.480 e. The molecule has 0 radical (unpaired) electrons. The number of hydrogen-bond donors (Lipinski definition) is 3. The summed E-state index contributed by atoms with van der Waals surface area (Å²) in [6, 6.07) is -1.01. The lowest BCUT2D eigenvalue weighted by Crippen LogP contribution is -2.44. The van der Waals surface area contributed by atoms with E-state index in [0.717, 1.165) is 0 Å². The fourth-order valence-electron chi connectivity index (χ4n) is 0.816. The average Bonchev–Trinajstić information content (AvgIpc) is 1.98. The monoisotopic (exact) mass is 175 g/mol. The van der Waals surface area contributed by atoms with Gasteiger partial charge in [-0.25, -0.2) is 9.59 Å². The van der Waals surface area contributed by atoms with Crippen molar-refractivity contribution in [3.05, 3.63) is 0 Å². The molecule has 1 unspecified atom stereocenters. The Balaban J connectivity index is 4.22. The molecule has 1 amide bonds. The molecule has 0 rings (SSSR count). The summed E-state index contributed by atoms with van der Waals surface area (Å²) < 4.78 is 0. The molecule has 0 aliphatic carbocycles. The lowest BCUT2D eigenvalue weighted by atomic mass is 10.00. The smallest absolute Gasteiger partial charge is 0.405 e. The van der Waals surface area contributed by atoms with Crippen LogP contribution in [-0.4, -0.2) is 28.3 Å². The molecule has 0 heterocycles. The summed E-state index contributed by atoms with van der Waals surface area (Å²) in [4.78, 5) is 20.7. The Hall–Kier alpha value is -1.26. The van der Waals surface area contributed by atoms with E-state index in [1.165, 1.54) is 0 Å². The molecule has 0 aromatic rings. The zero-order valence-electron chi connectivity index (χ0n) is 7.07. The summed E-state index contributed by atoms with van der Waals surface area (Å²) in [7, 11) is 0. The quantitative estimate of drug-likeness (QED) is 0.588. The van der Waals surface area contributed by atoms with Crippen molar-refractivity contribution in [2.45, 2.75) is 26.3 Å². The molecule has 0 saturated carbocycles. The zero-order valence-corrected chi connectivity index (χ0v) is 7.07. The van der Waals surface area contributed by atoms with Gasteiger partial charge in [0.15, 0.2) is 0 Å². The molecule has 0 fully saturated rings. The molecule has 0 bridgehead atoms. The Kier molecular flexibility index (Phi) is 4.10. The number of carboxylic acid groups (broad SMARTS) is 2. The van der Waals surface area contributed by atoms with Gasteiger partial charge >= 0.3 is 12.1 Å². The molecule has 0 saturated heterocycles. The zero-order chi connectivity index (χ0) is 9.72. The van der Waals surface area contributed by atoms with Gasteiger partial charge in [-0.2, -0.15) is 0 Å². The fraction of sp³-hybridized carbons (Fsp3) is 0.714. The van der Waals surface area contributed by atoms with Crippen molar-refractivity contribution in [1.82, 2.24) is 5.32 Å². The van der Waals surface area contributed by atoms with E-state index in [2.05, 4.69) is 0 Å². The van der Waals surface area contributed by atoms with E-state index >= 15 is 0 Å². The first-order valence-corrected chi connectivity index (χ1v) is 3.71. The van der Waals surface area contributed by atoms with Crippen LogP contribution in [0.2, 0.25) is 0 Å². The summed E-state index contributed by atoms with van der Waals surface area (Å²) in [6.07, 6.45) is -0.681. The highest BCUT2D eigenvalue weighted by Gasteiger charge is 2.24. The third kappa shape index (κ3) is 3.23. The van der Waals surface area contributed by atoms with E-state index in [9.17, 15) is 9.59 Å². The van der Waals surface area contributed by atoms with Gasteiger partial charge in [0.1, 0.15) is 6.04 Å². The maximum atomic E-state index is 10.5. The first-order valence-electron chi connectivity index (χ1n) is 3.71. The summed E-state index contributed by atoms with van der Waals surface area (Å²) in [6.45, 7) is 3.50. The van der Waals surface area contributed by atoms with E-state index in [-0.39, 0.29) is 5.92 Å². The molecule has 2 atom stereocenters. The van der Waals surface area contributed by atoms with Crippen molar-refractivity contribution in [2.24, 2.45) is 5.92 Å². The van der Waals surface area contributed by atoms with Gasteiger partial charge in [-0.05, 0) is 5.92 Å². The first kappa shape index (κ1) is 10.7. The molecule has 0 aliphatic heterocycles. The summed E-state index contributed by atoms with van der Waals surface area (Å²) in [5.74, 6) is -1.33. The van der Waals surface area contributed by atoms with E-state index in [4.69, 9.17) is 10.2 Å². The molecule has 5 nitrogen and oxygen atoms in total. The number of hydrogen-bond acceptors (Lipinski definition) is 2. The van der Waals surface area contributed by atoms with E-state index in [1.807, 2.05) is 12.2 Å². The summed E-state index contributed by atoms with van der Waals surface area (Å²) >= 11 is 0. The van der Waals surface area contributed by atoms with Crippen LogP contribution in [0.1, 0.15) is 20.3 Å². The minimum absolute atomic E-state index is 0.196. The molecule has 0 aromatic heterocycles. The predicted octanol–water partition coefficient (Wildman–Crippen LogP) is 0.753. The third-order valence-electron chi connectivity index (χ3n) is 1.76. The topological polar surface area (TPSA) is 86.6 Å². The average molecular weight is 175 g/mol. The van der Waals surface area contributed by atoms with Crippen molar-refractivity contribution in [3.63, 3.8) is 0 Å². The van der Waals surface area contributed by atoms with E-state index in [0.29, 0.717) is 6.42 Å². The van der Waals surface area contributed by atoms with Crippen molar-refractivity contribution in [1.29, 1.82) is 0 Å². The minimum atomic E-state index is -1.30. The molecule has 0 spiro atoms. The second-order valence-electron chi connectivity index (χ2n) is 2.65. The van der Waals surface area contributed by atoms with Crippen LogP contribution in [-0.2, 0) is 4.79 Å². The minimum Gasteiger partial charge on any atom is -0.480 e. The van der Waals surface area contributed by atoms with Crippen molar-refractivity contribution in [2.75, 3.05) is 0 Å². The summed E-state index contributed by atoms with van der Waals surface area (Å²) in [5, 5.41) is 18.8. The van der Waals surface area contributed by atoms with Crippen LogP contribution in [0.15, 0.2) is 0 Å². The van der Waals surface area contributed by atoms with Crippen LogP contribution >= 0.6 is 0 Å². The number of carbonyl (C=O) groups is 2. The molecular weight excluding hydrogens is 162 g/mol. The SMILES string of the molecule is CCC(C)[C@H](NC(=O)O)C(=O)O. The Bertz CT molecular complexity index is 180. The Morgan fingerprint density at radius 1 is 1.42 bits per heavy atom. The van der Waals surface area contributed by atoms with Gasteiger partial charge in [-0.15, -0.1) is 0 Å². The van der Waals surface area contributed by atoms with Crippen LogP contribution in [0.25, 0.3) is 0 Å². The maximum absolute atomic E-state index is 10.5. The maximum Gasteiger partial charge on any atom is 0.405 e. The van der Waals surface area contributed by atoms with Crippen molar-refractivity contribution in [3.8, 4) is 0 Å². The highest BCUT2D eigenvalue weighted by atomic mass is 16.4. The van der Waals surface area contributed by atoms with Crippen LogP contribution < -0.4 is 5.32 Å². The van der Waals surface area contributed by atoms with E-state index in [1.54, 1.807) is 6.92 Å². The normalized spacial score (nSPS) is 14.8. The standard InChI is InChI=1S/C7H13NO4/c1-3-4(2)5(6(9)10)8-7(11)12/h4-5,8H,3H2,1-2H3,(H,9,10)(H,11,12)/t4?,5-/m0/s1. The molecule has 70 valence electrons. The fourth-order valence-corrected chi connectivity index (χ4v) is 0.816. The Labute approximate surface area is 70.4 Å². The number of rotatable bonds is 4. The molecular formula is C7H13NO4. The number of carboxylic acids is 1. The number of nitrogens with one attached hydrogen (secondary N) is 1. The van der Waals surface area contributed by atoms with Gasteiger partial charge in [0.2, 0.25) is 0 Å². The van der Waals surface area contributed by atoms with Crippen LogP contribution in [0.3, 0.4) is 0 Å². The first-order chi connectivity index (χ1) is 5.49. The van der Waals surface area contributed by atoms with Gasteiger partial charge in [0.05, 0.1) is 0 Å². The Morgan fingerprint density at radius 2 is 1.92 bits per heavy atom. The van der Waals surface area contributed by atoms with Crippen LogP contribution in [0.4, 0.5) is 4.79 Å². The highest BCUT2D eigenvalue weighted by molar-refractivity contribution is 5.79. The van der Waals surface area contributed by atoms with Crippen molar-refractivity contribution >= 4 is 12.1 Å². The van der Waals surface area contributed by atoms with Gasteiger partial charge < -0.3 is 15.5 Å².